The van der Waals surface area contributed by atoms with Gasteiger partial charge in [-0.1, -0.05) is 41.4 Å². The van der Waals surface area contributed by atoms with Gasteiger partial charge in [-0.05, 0) is 23.8 Å². The number of benzene rings is 1. The van der Waals surface area contributed by atoms with Crippen LogP contribution in [0.3, 0.4) is 0 Å². The van der Waals surface area contributed by atoms with Gasteiger partial charge in [-0.15, -0.1) is 0 Å². The third-order valence-electron chi connectivity index (χ3n) is 4.45. The number of fused-ring (bicyclic) bond motifs is 2. The number of anilines is 1. The molecular weight excluding hydrogens is 344 g/mol. The molecule has 0 aliphatic carbocycles. The van der Waals surface area contributed by atoms with Gasteiger partial charge >= 0.3 is 5.97 Å². The number of nitrogen functional groups attached to an aromatic ring is 1. The Hall–Kier alpha value is -3.74. The maximum absolute atomic E-state index is 13.0. The van der Waals surface area contributed by atoms with Gasteiger partial charge in [-0.2, -0.15) is 0 Å². The molecular formula is C20H17N4O3+. The minimum atomic E-state index is -0.603. The lowest BCUT2D eigenvalue weighted by Gasteiger charge is -2.11. The molecule has 0 radical (unpaired) electrons. The molecule has 0 unspecified atom stereocenters. The van der Waals surface area contributed by atoms with Crippen LogP contribution in [-0.2, 0) is 11.3 Å². The molecule has 0 aliphatic heterocycles. The average molecular weight is 361 g/mol. The first-order valence-corrected chi connectivity index (χ1v) is 8.36. The average Bonchev–Trinajstić information content (AvgIpc) is 2.70. The third-order valence-corrected chi connectivity index (χ3v) is 4.45. The number of nitrogens with two attached hydrogens (primary N) is 1. The highest BCUT2D eigenvalue weighted by Gasteiger charge is 2.24. The standard InChI is InChI=1S/C20H16N4O3/c1-27-20(26)14-11-15-18(22-16-9-5-6-10-23(16)19(15)25)24(17(14)21)12-13-7-3-2-4-8-13/h2-11,21H,12H2,1H3/p+1. The van der Waals surface area contributed by atoms with Crippen LogP contribution in [0.5, 0.6) is 0 Å². The highest BCUT2D eigenvalue weighted by atomic mass is 16.5. The fourth-order valence-corrected chi connectivity index (χ4v) is 3.10. The summed E-state index contributed by atoms with van der Waals surface area (Å²) in [5.41, 5.74) is 8.02. The van der Waals surface area contributed by atoms with Crippen LogP contribution in [0, 0.1) is 0 Å². The molecule has 27 heavy (non-hydrogen) atoms. The van der Waals surface area contributed by atoms with Crippen LogP contribution in [0.2, 0.25) is 0 Å². The SMILES string of the molecule is COC(=O)c1cc2c(=O)n3ccccc3nc2[n+](Cc2ccccc2)c1N. The van der Waals surface area contributed by atoms with Gasteiger partial charge in [0, 0.05) is 6.20 Å². The lowest BCUT2D eigenvalue weighted by Crippen LogP contribution is -2.42. The third kappa shape index (κ3) is 2.79. The molecule has 2 N–H and O–H groups in total. The minimum absolute atomic E-state index is 0.135. The number of esters is 1. The van der Waals surface area contributed by atoms with Gasteiger partial charge in [0.05, 0.1) is 13.7 Å². The summed E-state index contributed by atoms with van der Waals surface area (Å²) in [5, 5.41) is 0.296. The van der Waals surface area contributed by atoms with Gasteiger partial charge in [0.15, 0.2) is 0 Å². The summed E-state index contributed by atoms with van der Waals surface area (Å²) in [4.78, 5) is 29.8. The van der Waals surface area contributed by atoms with E-state index in [2.05, 4.69) is 4.98 Å². The first-order valence-electron chi connectivity index (χ1n) is 8.36. The molecule has 0 spiro atoms. The maximum Gasteiger partial charge on any atom is 0.344 e. The number of nitrogens with zero attached hydrogens (tertiary/aromatic N) is 3. The van der Waals surface area contributed by atoms with Crippen LogP contribution in [-0.4, -0.2) is 22.5 Å². The Labute approximate surface area is 154 Å². The molecule has 0 amide bonds. The number of aromatic nitrogens is 3. The smallest absolute Gasteiger partial charge is 0.344 e. The molecule has 0 bridgehead atoms. The minimum Gasteiger partial charge on any atom is -0.465 e. The first-order chi connectivity index (χ1) is 13.1. The number of methoxy groups -OCH3 is 1. The van der Waals surface area contributed by atoms with Crippen molar-refractivity contribution in [3.63, 3.8) is 0 Å². The molecule has 7 nitrogen and oxygen atoms in total. The largest absolute Gasteiger partial charge is 0.465 e. The number of carbonyl (C=O) groups is 1. The fourth-order valence-electron chi connectivity index (χ4n) is 3.10. The van der Waals surface area contributed by atoms with E-state index >= 15 is 0 Å². The summed E-state index contributed by atoms with van der Waals surface area (Å²) >= 11 is 0. The van der Waals surface area contributed by atoms with E-state index in [-0.39, 0.29) is 16.9 Å². The van der Waals surface area contributed by atoms with Crippen LogP contribution >= 0.6 is 0 Å². The molecule has 0 fully saturated rings. The quantitative estimate of drug-likeness (QED) is 0.340. The topological polar surface area (TPSA) is 90.6 Å². The monoisotopic (exact) mass is 361 g/mol. The van der Waals surface area contributed by atoms with Crippen molar-refractivity contribution in [2.24, 2.45) is 0 Å². The number of ether oxygens (including phenoxy) is 1. The van der Waals surface area contributed by atoms with Gasteiger partial charge in [-0.3, -0.25) is 9.20 Å². The van der Waals surface area contributed by atoms with Crippen LogP contribution in [0.1, 0.15) is 15.9 Å². The van der Waals surface area contributed by atoms with E-state index in [0.717, 1.165) is 5.56 Å². The van der Waals surface area contributed by atoms with Crippen molar-refractivity contribution in [3.8, 4) is 0 Å². The lowest BCUT2D eigenvalue weighted by atomic mass is 10.1. The van der Waals surface area contributed by atoms with Crippen LogP contribution in [0.4, 0.5) is 5.82 Å². The van der Waals surface area contributed by atoms with E-state index in [0.29, 0.717) is 23.2 Å². The Bertz CT molecular complexity index is 1230. The van der Waals surface area contributed by atoms with Crippen LogP contribution < -0.4 is 15.9 Å². The zero-order valence-electron chi connectivity index (χ0n) is 14.6. The summed E-state index contributed by atoms with van der Waals surface area (Å²) < 4.78 is 7.95. The molecule has 4 rings (SSSR count). The molecule has 134 valence electrons. The molecule has 0 saturated carbocycles. The molecule has 0 saturated heterocycles. The zero-order chi connectivity index (χ0) is 19.0. The van der Waals surface area contributed by atoms with Gasteiger partial charge in [0.2, 0.25) is 11.5 Å². The number of carbonyl (C=O) groups excluding carboxylic acids is 1. The summed E-state index contributed by atoms with van der Waals surface area (Å²) in [5.74, 6) is -0.404. The van der Waals surface area contributed by atoms with Gasteiger partial charge in [0.25, 0.3) is 11.2 Å². The Morgan fingerprint density at radius 2 is 1.93 bits per heavy atom. The molecule has 3 heterocycles. The molecule has 3 aromatic heterocycles. The predicted octanol–water partition coefficient (Wildman–Crippen LogP) is 1.55. The van der Waals surface area contributed by atoms with Crippen molar-refractivity contribution in [1.29, 1.82) is 0 Å². The summed E-state index contributed by atoms with van der Waals surface area (Å²) in [6.07, 6.45) is 1.64. The Balaban J connectivity index is 2.10. The van der Waals surface area contributed by atoms with E-state index in [1.54, 1.807) is 29.0 Å². The van der Waals surface area contributed by atoms with Gasteiger partial charge in [0.1, 0.15) is 10.9 Å². The van der Waals surface area contributed by atoms with E-state index in [1.165, 1.54) is 17.6 Å². The number of hydrogen-bond donors (Lipinski definition) is 1. The maximum atomic E-state index is 13.0. The lowest BCUT2D eigenvalue weighted by molar-refractivity contribution is -0.649. The molecule has 0 aliphatic rings. The van der Waals surface area contributed by atoms with Gasteiger partial charge < -0.3 is 10.5 Å². The van der Waals surface area contributed by atoms with Crippen molar-refractivity contribution in [2.75, 3.05) is 12.8 Å². The Morgan fingerprint density at radius 1 is 1.19 bits per heavy atom. The van der Waals surface area contributed by atoms with Crippen molar-refractivity contribution in [1.82, 2.24) is 9.38 Å². The van der Waals surface area contributed by atoms with Crippen molar-refractivity contribution >= 4 is 28.5 Å². The summed E-state index contributed by atoms with van der Waals surface area (Å²) in [7, 11) is 1.28. The van der Waals surface area contributed by atoms with E-state index in [4.69, 9.17) is 10.5 Å². The number of rotatable bonds is 3. The predicted molar refractivity (Wildman–Crippen MR) is 100 cm³/mol. The van der Waals surface area contributed by atoms with E-state index in [1.807, 2.05) is 30.3 Å². The molecule has 4 aromatic rings. The zero-order valence-corrected chi connectivity index (χ0v) is 14.6. The van der Waals surface area contributed by atoms with Crippen molar-refractivity contribution in [2.45, 2.75) is 6.54 Å². The van der Waals surface area contributed by atoms with E-state index in [9.17, 15) is 9.59 Å². The molecule has 7 heteroatoms. The fraction of sp³-hybridized carbons (Fsp3) is 0.100. The molecule has 1 aromatic carbocycles. The van der Waals surface area contributed by atoms with Gasteiger partial charge in [-0.25, -0.2) is 9.36 Å². The number of hydrogen-bond acceptors (Lipinski definition) is 5. The second kappa shape index (κ2) is 6.53. The molecule has 0 atom stereocenters. The van der Waals surface area contributed by atoms with E-state index < -0.39 is 5.97 Å². The second-order valence-corrected chi connectivity index (χ2v) is 6.09. The Morgan fingerprint density at radius 3 is 2.67 bits per heavy atom. The summed E-state index contributed by atoms with van der Waals surface area (Å²) in [6, 6.07) is 16.4. The Kier molecular flexibility index (Phi) is 4.04. The highest BCUT2D eigenvalue weighted by Crippen LogP contribution is 2.16. The highest BCUT2D eigenvalue weighted by molar-refractivity contribution is 5.96. The second-order valence-electron chi connectivity index (χ2n) is 6.09. The van der Waals surface area contributed by atoms with Crippen molar-refractivity contribution in [3.05, 3.63) is 82.3 Å². The summed E-state index contributed by atoms with van der Waals surface area (Å²) in [6.45, 7) is 0.365. The first kappa shape index (κ1) is 16.7. The normalized spacial score (nSPS) is 11.0. The van der Waals surface area contributed by atoms with Crippen molar-refractivity contribution < 1.29 is 14.1 Å². The van der Waals surface area contributed by atoms with Crippen LogP contribution in [0.25, 0.3) is 16.7 Å². The number of pyridine rings is 2. The van der Waals surface area contributed by atoms with Crippen LogP contribution in [0.15, 0.2) is 65.6 Å².